The Kier molecular flexibility index (Phi) is 5.69. The Bertz CT molecular complexity index is 995. The van der Waals surface area contributed by atoms with E-state index in [1.807, 2.05) is 0 Å². The van der Waals surface area contributed by atoms with Gasteiger partial charge in [0, 0.05) is 29.9 Å². The van der Waals surface area contributed by atoms with Gasteiger partial charge in [-0.3, -0.25) is 14.3 Å². The van der Waals surface area contributed by atoms with Crippen LogP contribution in [-0.2, 0) is 10.0 Å². The first-order valence-corrected chi connectivity index (χ1v) is 10.6. The summed E-state index contributed by atoms with van der Waals surface area (Å²) < 4.78 is 28.0. The van der Waals surface area contributed by atoms with Gasteiger partial charge in [0.1, 0.15) is 0 Å². The average Bonchev–Trinajstić information content (AvgIpc) is 2.68. The lowest BCUT2D eigenvalue weighted by Gasteiger charge is -2.27. The van der Waals surface area contributed by atoms with E-state index in [-0.39, 0.29) is 16.4 Å². The maximum Gasteiger partial charge on any atom is 0.261 e. The third kappa shape index (κ3) is 4.33. The number of carbonyl (C=O) groups excluding carboxylic acids is 2. The molecule has 0 radical (unpaired) electrons. The van der Waals surface area contributed by atoms with E-state index in [4.69, 9.17) is 5.73 Å². The van der Waals surface area contributed by atoms with Gasteiger partial charge in [-0.2, -0.15) is 0 Å². The highest BCUT2D eigenvalue weighted by molar-refractivity contribution is 7.92. The standard InChI is InChI=1S/C20H23N3O4S/c1-14-5-10-17(13-18(14)20(25)23-11-3-2-4-12-23)28(26,27)22-16-8-6-15(7-9-16)19(21)24/h5-10,13,22H,2-4,11-12H2,1H3,(H2,21,24). The highest BCUT2D eigenvalue weighted by Crippen LogP contribution is 2.22. The average molecular weight is 401 g/mol. The zero-order valence-corrected chi connectivity index (χ0v) is 16.5. The molecule has 3 rings (SSSR count). The Morgan fingerprint density at radius 1 is 1.00 bits per heavy atom. The number of nitrogens with zero attached hydrogens (tertiary/aromatic N) is 1. The molecule has 2 aromatic rings. The van der Waals surface area contributed by atoms with Gasteiger partial charge in [-0.05, 0) is 68.1 Å². The highest BCUT2D eigenvalue weighted by Gasteiger charge is 2.23. The van der Waals surface area contributed by atoms with E-state index in [1.165, 1.54) is 36.4 Å². The van der Waals surface area contributed by atoms with Gasteiger partial charge in [0.15, 0.2) is 0 Å². The molecule has 0 bridgehead atoms. The summed E-state index contributed by atoms with van der Waals surface area (Å²) in [6.45, 7) is 3.18. The SMILES string of the molecule is Cc1ccc(S(=O)(=O)Nc2ccc(C(N)=O)cc2)cc1C(=O)N1CCCCC1. The van der Waals surface area contributed by atoms with Crippen molar-refractivity contribution in [1.29, 1.82) is 0 Å². The van der Waals surface area contributed by atoms with Crippen molar-refractivity contribution in [3.8, 4) is 0 Å². The second-order valence-electron chi connectivity index (χ2n) is 6.88. The zero-order chi connectivity index (χ0) is 20.3. The largest absolute Gasteiger partial charge is 0.366 e. The first kappa shape index (κ1) is 19.9. The summed E-state index contributed by atoms with van der Waals surface area (Å²) in [4.78, 5) is 25.7. The number of hydrogen-bond acceptors (Lipinski definition) is 4. The minimum atomic E-state index is -3.89. The molecule has 7 nitrogen and oxygen atoms in total. The predicted molar refractivity (Wildman–Crippen MR) is 107 cm³/mol. The Morgan fingerprint density at radius 2 is 1.64 bits per heavy atom. The number of anilines is 1. The number of amides is 2. The highest BCUT2D eigenvalue weighted by atomic mass is 32.2. The van der Waals surface area contributed by atoms with Gasteiger partial charge >= 0.3 is 0 Å². The van der Waals surface area contributed by atoms with Crippen LogP contribution in [0.4, 0.5) is 5.69 Å². The van der Waals surface area contributed by atoms with Gasteiger partial charge in [0.05, 0.1) is 4.90 Å². The van der Waals surface area contributed by atoms with E-state index < -0.39 is 15.9 Å². The van der Waals surface area contributed by atoms with Crippen LogP contribution in [0.15, 0.2) is 47.4 Å². The number of benzene rings is 2. The van der Waals surface area contributed by atoms with Crippen molar-refractivity contribution >= 4 is 27.5 Å². The quantitative estimate of drug-likeness (QED) is 0.802. The van der Waals surface area contributed by atoms with E-state index in [0.717, 1.165) is 24.8 Å². The van der Waals surface area contributed by atoms with Crippen LogP contribution >= 0.6 is 0 Å². The van der Waals surface area contributed by atoms with Crippen LogP contribution in [0.5, 0.6) is 0 Å². The molecular weight excluding hydrogens is 378 g/mol. The van der Waals surface area contributed by atoms with Crippen LogP contribution in [0.1, 0.15) is 45.5 Å². The molecule has 28 heavy (non-hydrogen) atoms. The molecule has 1 aliphatic rings. The number of aryl methyl sites for hydroxylation is 1. The number of nitrogens with one attached hydrogen (secondary N) is 1. The number of sulfonamides is 1. The van der Waals surface area contributed by atoms with Gasteiger partial charge in [-0.25, -0.2) is 8.42 Å². The third-order valence-electron chi connectivity index (χ3n) is 4.81. The van der Waals surface area contributed by atoms with Crippen LogP contribution in [0.3, 0.4) is 0 Å². The van der Waals surface area contributed by atoms with Crippen molar-refractivity contribution in [3.05, 3.63) is 59.2 Å². The van der Waals surface area contributed by atoms with E-state index in [0.29, 0.717) is 24.3 Å². The number of rotatable bonds is 5. The van der Waals surface area contributed by atoms with Gasteiger partial charge in [0.25, 0.3) is 15.9 Å². The maximum atomic E-state index is 12.8. The Labute approximate surface area is 164 Å². The first-order valence-electron chi connectivity index (χ1n) is 9.10. The summed E-state index contributed by atoms with van der Waals surface area (Å²) >= 11 is 0. The molecule has 1 aliphatic heterocycles. The zero-order valence-electron chi connectivity index (χ0n) is 15.6. The topological polar surface area (TPSA) is 110 Å². The summed E-state index contributed by atoms with van der Waals surface area (Å²) in [6, 6.07) is 10.4. The van der Waals surface area contributed by atoms with Crippen LogP contribution in [0.25, 0.3) is 0 Å². The van der Waals surface area contributed by atoms with Crippen molar-refractivity contribution in [2.75, 3.05) is 17.8 Å². The summed E-state index contributed by atoms with van der Waals surface area (Å²) in [6.07, 6.45) is 3.03. The molecular formula is C20H23N3O4S. The predicted octanol–water partition coefficient (Wildman–Crippen LogP) is 2.52. The summed E-state index contributed by atoms with van der Waals surface area (Å²) in [7, 11) is -3.89. The van der Waals surface area contributed by atoms with Crippen molar-refractivity contribution in [2.45, 2.75) is 31.1 Å². The monoisotopic (exact) mass is 401 g/mol. The van der Waals surface area contributed by atoms with Crippen molar-refractivity contribution in [3.63, 3.8) is 0 Å². The molecule has 1 saturated heterocycles. The van der Waals surface area contributed by atoms with E-state index >= 15 is 0 Å². The second kappa shape index (κ2) is 8.02. The molecule has 148 valence electrons. The minimum Gasteiger partial charge on any atom is -0.366 e. The number of piperidine rings is 1. The summed E-state index contributed by atoms with van der Waals surface area (Å²) in [5.41, 5.74) is 6.91. The fraction of sp³-hybridized carbons (Fsp3) is 0.300. The Balaban J connectivity index is 1.85. The molecule has 2 amide bonds. The third-order valence-corrected chi connectivity index (χ3v) is 6.19. The molecule has 8 heteroatoms. The molecule has 3 N–H and O–H groups in total. The number of nitrogens with two attached hydrogens (primary N) is 1. The number of carbonyl (C=O) groups is 2. The molecule has 2 aromatic carbocycles. The molecule has 1 fully saturated rings. The van der Waals surface area contributed by atoms with Crippen LogP contribution in [-0.4, -0.2) is 38.2 Å². The number of primary amides is 1. The first-order chi connectivity index (χ1) is 13.3. The number of likely N-dealkylation sites (tertiary alicyclic amines) is 1. The van der Waals surface area contributed by atoms with E-state index in [9.17, 15) is 18.0 Å². The van der Waals surface area contributed by atoms with Crippen molar-refractivity contribution < 1.29 is 18.0 Å². The lowest BCUT2D eigenvalue weighted by Crippen LogP contribution is -2.36. The van der Waals surface area contributed by atoms with Gasteiger partial charge in [-0.15, -0.1) is 0 Å². The fourth-order valence-electron chi connectivity index (χ4n) is 3.18. The molecule has 0 unspecified atom stereocenters. The van der Waals surface area contributed by atoms with Crippen LogP contribution in [0, 0.1) is 6.92 Å². The van der Waals surface area contributed by atoms with Crippen LogP contribution in [0.2, 0.25) is 0 Å². The van der Waals surface area contributed by atoms with Crippen molar-refractivity contribution in [2.24, 2.45) is 5.73 Å². The number of hydrogen-bond donors (Lipinski definition) is 2. The van der Waals surface area contributed by atoms with Crippen LogP contribution < -0.4 is 10.5 Å². The normalized spacial score (nSPS) is 14.5. The van der Waals surface area contributed by atoms with E-state index in [1.54, 1.807) is 17.9 Å². The molecule has 0 aromatic heterocycles. The van der Waals surface area contributed by atoms with Crippen molar-refractivity contribution in [1.82, 2.24) is 4.90 Å². The Hall–Kier alpha value is -2.87. The maximum absolute atomic E-state index is 12.8. The minimum absolute atomic E-state index is 0.0115. The molecule has 0 saturated carbocycles. The van der Waals surface area contributed by atoms with E-state index in [2.05, 4.69) is 4.72 Å². The van der Waals surface area contributed by atoms with Gasteiger partial charge in [0.2, 0.25) is 5.91 Å². The lowest BCUT2D eigenvalue weighted by atomic mass is 10.1. The second-order valence-corrected chi connectivity index (χ2v) is 8.56. The van der Waals surface area contributed by atoms with Gasteiger partial charge < -0.3 is 10.6 Å². The fourth-order valence-corrected chi connectivity index (χ4v) is 4.27. The smallest absolute Gasteiger partial charge is 0.261 e. The summed E-state index contributed by atoms with van der Waals surface area (Å²) in [5.74, 6) is -0.728. The molecule has 0 atom stereocenters. The van der Waals surface area contributed by atoms with Gasteiger partial charge in [-0.1, -0.05) is 6.07 Å². The lowest BCUT2D eigenvalue weighted by molar-refractivity contribution is 0.0723. The molecule has 0 aliphatic carbocycles. The molecule has 0 spiro atoms. The molecule has 1 heterocycles. The Morgan fingerprint density at radius 3 is 2.25 bits per heavy atom. The summed E-state index contributed by atoms with van der Waals surface area (Å²) in [5, 5.41) is 0.